The van der Waals surface area contributed by atoms with Crippen LogP contribution in [-0.4, -0.2) is 47.4 Å². The molecule has 0 spiro atoms. The molecule has 1 amide bonds. The van der Waals surface area contributed by atoms with Crippen molar-refractivity contribution in [3.05, 3.63) is 36.5 Å². The monoisotopic (exact) mass is 998 g/mol. The predicted molar refractivity (Wildman–Crippen MR) is 310 cm³/mol. The van der Waals surface area contributed by atoms with Gasteiger partial charge in [-0.05, 0) is 89.9 Å². The van der Waals surface area contributed by atoms with E-state index in [-0.39, 0.29) is 18.5 Å². The molecule has 0 aromatic heterocycles. The molecule has 6 heteroatoms. The second-order valence-electron chi connectivity index (χ2n) is 21.7. The number of carbonyl (C=O) groups is 2. The van der Waals surface area contributed by atoms with Crippen LogP contribution in [0.5, 0.6) is 0 Å². The average molecular weight is 999 g/mol. The van der Waals surface area contributed by atoms with Crippen molar-refractivity contribution in [3.8, 4) is 0 Å². The molecule has 0 fully saturated rings. The summed E-state index contributed by atoms with van der Waals surface area (Å²) in [6.45, 7) is 4.92. The number of unbranched alkanes of at least 4 members (excludes halogenated alkanes) is 42. The van der Waals surface area contributed by atoms with Crippen molar-refractivity contribution in [2.24, 2.45) is 0 Å². The molecule has 0 aromatic carbocycles. The van der Waals surface area contributed by atoms with Gasteiger partial charge in [0.1, 0.15) is 0 Å². The number of nitrogens with one attached hydrogen (secondary N) is 1. The van der Waals surface area contributed by atoms with Gasteiger partial charge in [-0.25, -0.2) is 0 Å². The molecular formula is C65H123NO5. The SMILES string of the molecule is CCCCCCCC/C=C\CCCCCCCCCCCC(=O)OCCCCC/C=C\C/C=C\CCCCCCCCCC(=O)NC(CO)C(O)CCCCCCCCCCCCCCCCCCCC. The third kappa shape index (κ3) is 57.2. The standard InChI is InChI=1S/C65H123NO5/c1-3-5-7-9-11-13-15-17-19-21-23-27-31-35-39-43-47-51-55-59-65(70)71-60-56-52-48-44-40-36-32-28-24-26-30-34-38-42-46-50-54-58-64(69)66-62(61-67)63(68)57-53-49-45-41-37-33-29-25-22-20-18-16-14-12-10-8-6-4-2/h17,19,24,28,36,40,62-63,67-68H,3-16,18,20-23,25-27,29-35,37-39,41-61H2,1-2H3,(H,66,69)/b19-17-,28-24-,40-36-. The molecule has 71 heavy (non-hydrogen) atoms. The highest BCUT2D eigenvalue weighted by Gasteiger charge is 2.20. The minimum Gasteiger partial charge on any atom is -0.466 e. The number of rotatable bonds is 59. The summed E-state index contributed by atoms with van der Waals surface area (Å²) in [5.74, 6) is -0.0644. The molecule has 0 rings (SSSR count). The van der Waals surface area contributed by atoms with Crippen LogP contribution >= 0.6 is 0 Å². The Labute approximate surface area is 443 Å². The zero-order valence-electron chi connectivity index (χ0n) is 47.7. The fourth-order valence-electron chi connectivity index (χ4n) is 9.78. The first-order chi connectivity index (χ1) is 35.0. The van der Waals surface area contributed by atoms with Crippen LogP contribution in [0.1, 0.15) is 341 Å². The second-order valence-corrected chi connectivity index (χ2v) is 21.7. The van der Waals surface area contributed by atoms with E-state index in [0.29, 0.717) is 25.9 Å². The van der Waals surface area contributed by atoms with Gasteiger partial charge in [-0.2, -0.15) is 0 Å². The second kappa shape index (κ2) is 60.6. The molecule has 0 aliphatic heterocycles. The lowest BCUT2D eigenvalue weighted by molar-refractivity contribution is -0.143. The topological polar surface area (TPSA) is 95.9 Å². The first-order valence-electron chi connectivity index (χ1n) is 31.7. The van der Waals surface area contributed by atoms with Crippen molar-refractivity contribution in [3.63, 3.8) is 0 Å². The van der Waals surface area contributed by atoms with Crippen LogP contribution in [0.25, 0.3) is 0 Å². The summed E-state index contributed by atoms with van der Waals surface area (Å²) in [5.41, 5.74) is 0. The Balaban J connectivity index is 3.48. The lowest BCUT2D eigenvalue weighted by atomic mass is 10.0. The Morgan fingerprint density at radius 2 is 0.704 bits per heavy atom. The third-order valence-electron chi connectivity index (χ3n) is 14.7. The molecule has 3 N–H and O–H groups in total. The molecule has 0 aliphatic rings. The van der Waals surface area contributed by atoms with Gasteiger partial charge in [0.25, 0.3) is 0 Å². The number of hydrogen-bond acceptors (Lipinski definition) is 5. The van der Waals surface area contributed by atoms with Crippen LogP contribution in [0.3, 0.4) is 0 Å². The summed E-state index contributed by atoms with van der Waals surface area (Å²) in [6, 6.07) is -0.555. The Bertz CT molecular complexity index is 1150. The quantitative estimate of drug-likeness (QED) is 0.0321. The zero-order chi connectivity index (χ0) is 51.4. The molecule has 2 atom stereocenters. The van der Waals surface area contributed by atoms with Gasteiger partial charge < -0.3 is 20.3 Å². The van der Waals surface area contributed by atoms with E-state index in [9.17, 15) is 19.8 Å². The molecule has 2 unspecified atom stereocenters. The van der Waals surface area contributed by atoms with Crippen molar-refractivity contribution in [2.75, 3.05) is 13.2 Å². The number of aliphatic hydroxyl groups is 2. The average Bonchev–Trinajstić information content (AvgIpc) is 3.37. The molecule has 418 valence electrons. The minimum atomic E-state index is -0.676. The molecule has 0 saturated carbocycles. The van der Waals surface area contributed by atoms with Gasteiger partial charge in [0.05, 0.1) is 25.4 Å². The first-order valence-corrected chi connectivity index (χ1v) is 31.7. The van der Waals surface area contributed by atoms with E-state index < -0.39 is 12.1 Å². The van der Waals surface area contributed by atoms with Crippen LogP contribution in [0.4, 0.5) is 0 Å². The smallest absolute Gasteiger partial charge is 0.305 e. The molecular weight excluding hydrogens is 875 g/mol. The molecule has 6 nitrogen and oxygen atoms in total. The van der Waals surface area contributed by atoms with E-state index in [2.05, 4.69) is 55.6 Å². The Morgan fingerprint density at radius 1 is 0.394 bits per heavy atom. The van der Waals surface area contributed by atoms with Gasteiger partial charge >= 0.3 is 5.97 Å². The molecule has 0 bridgehead atoms. The first kappa shape index (κ1) is 69.1. The van der Waals surface area contributed by atoms with E-state index in [1.807, 2.05) is 0 Å². The van der Waals surface area contributed by atoms with Crippen LogP contribution < -0.4 is 5.32 Å². The Hall–Kier alpha value is -1.92. The van der Waals surface area contributed by atoms with E-state index in [4.69, 9.17) is 4.74 Å². The van der Waals surface area contributed by atoms with E-state index >= 15 is 0 Å². The predicted octanol–water partition coefficient (Wildman–Crippen LogP) is 20.0. The lowest BCUT2D eigenvalue weighted by Gasteiger charge is -2.22. The van der Waals surface area contributed by atoms with E-state index in [1.165, 1.54) is 225 Å². The number of carbonyl (C=O) groups excluding carboxylic acids is 2. The normalized spacial score (nSPS) is 12.8. The summed E-state index contributed by atoms with van der Waals surface area (Å²) in [7, 11) is 0. The highest BCUT2D eigenvalue weighted by molar-refractivity contribution is 5.76. The molecule has 0 radical (unpaired) electrons. The molecule has 0 aliphatic carbocycles. The summed E-state index contributed by atoms with van der Waals surface area (Å²) in [5, 5.41) is 23.3. The van der Waals surface area contributed by atoms with Gasteiger partial charge in [0.15, 0.2) is 0 Å². The van der Waals surface area contributed by atoms with E-state index in [1.54, 1.807) is 0 Å². The number of esters is 1. The summed E-state index contributed by atoms with van der Waals surface area (Å²) in [6.07, 6.45) is 75.8. The maximum absolute atomic E-state index is 12.5. The third-order valence-corrected chi connectivity index (χ3v) is 14.7. The van der Waals surface area contributed by atoms with Crippen LogP contribution in [0.2, 0.25) is 0 Å². The Morgan fingerprint density at radius 3 is 1.08 bits per heavy atom. The largest absolute Gasteiger partial charge is 0.466 e. The summed E-state index contributed by atoms with van der Waals surface area (Å²) < 4.78 is 5.47. The number of ether oxygens (including phenoxy) is 1. The van der Waals surface area contributed by atoms with Gasteiger partial charge in [-0.3, -0.25) is 9.59 Å². The van der Waals surface area contributed by atoms with Gasteiger partial charge in [-0.1, -0.05) is 275 Å². The van der Waals surface area contributed by atoms with Gasteiger partial charge in [0.2, 0.25) is 5.91 Å². The van der Waals surface area contributed by atoms with Gasteiger partial charge in [0, 0.05) is 12.8 Å². The van der Waals surface area contributed by atoms with Gasteiger partial charge in [-0.15, -0.1) is 0 Å². The lowest BCUT2D eigenvalue weighted by Crippen LogP contribution is -2.45. The highest BCUT2D eigenvalue weighted by Crippen LogP contribution is 2.17. The molecule has 0 saturated heterocycles. The number of hydrogen-bond donors (Lipinski definition) is 3. The van der Waals surface area contributed by atoms with Crippen molar-refractivity contribution >= 4 is 11.9 Å². The summed E-state index contributed by atoms with van der Waals surface area (Å²) >= 11 is 0. The van der Waals surface area contributed by atoms with Crippen molar-refractivity contribution in [1.82, 2.24) is 5.32 Å². The van der Waals surface area contributed by atoms with Crippen LogP contribution in [0, 0.1) is 0 Å². The van der Waals surface area contributed by atoms with E-state index in [0.717, 1.165) is 83.5 Å². The zero-order valence-corrected chi connectivity index (χ0v) is 47.7. The highest BCUT2D eigenvalue weighted by atomic mass is 16.5. The van der Waals surface area contributed by atoms with Crippen LogP contribution in [0.15, 0.2) is 36.5 Å². The minimum absolute atomic E-state index is 0.0155. The van der Waals surface area contributed by atoms with Crippen molar-refractivity contribution in [1.29, 1.82) is 0 Å². The number of allylic oxidation sites excluding steroid dienone is 6. The van der Waals surface area contributed by atoms with Crippen LogP contribution in [-0.2, 0) is 14.3 Å². The maximum atomic E-state index is 12.5. The fourth-order valence-corrected chi connectivity index (χ4v) is 9.78. The number of amides is 1. The maximum Gasteiger partial charge on any atom is 0.305 e. The van der Waals surface area contributed by atoms with Crippen molar-refractivity contribution < 1.29 is 24.5 Å². The molecule has 0 heterocycles. The Kier molecular flexibility index (Phi) is 59.0. The van der Waals surface area contributed by atoms with Crippen molar-refractivity contribution in [2.45, 2.75) is 353 Å². The summed E-state index contributed by atoms with van der Waals surface area (Å²) in [4.78, 5) is 24.6. The number of aliphatic hydroxyl groups excluding tert-OH is 2. The fraction of sp³-hybridized carbons (Fsp3) is 0.877. The molecule has 0 aromatic rings.